The number of ether oxygens (including phenoxy) is 1. The molecule has 3 rings (SSSR count). The summed E-state index contributed by atoms with van der Waals surface area (Å²) in [5.41, 5.74) is 0.486. The SMILES string of the molecule is Cn1c(CC2(O)CN(C(=O)OC(C)(C)C)C2)nc2ccccc21. The van der Waals surface area contributed by atoms with Gasteiger partial charge >= 0.3 is 6.09 Å². The van der Waals surface area contributed by atoms with Crippen LogP contribution in [0, 0.1) is 0 Å². The molecular weight excluding hydrogens is 294 g/mol. The Morgan fingerprint density at radius 3 is 2.61 bits per heavy atom. The zero-order chi connectivity index (χ0) is 16.8. The lowest BCUT2D eigenvalue weighted by Gasteiger charge is -2.46. The summed E-state index contributed by atoms with van der Waals surface area (Å²) in [7, 11) is 1.94. The second kappa shape index (κ2) is 5.23. The van der Waals surface area contributed by atoms with Crippen molar-refractivity contribution in [2.24, 2.45) is 7.05 Å². The lowest BCUT2D eigenvalue weighted by atomic mass is 9.90. The average molecular weight is 317 g/mol. The smallest absolute Gasteiger partial charge is 0.410 e. The largest absolute Gasteiger partial charge is 0.444 e. The third kappa shape index (κ3) is 3.17. The predicted molar refractivity (Wildman–Crippen MR) is 87.2 cm³/mol. The minimum Gasteiger partial charge on any atom is -0.444 e. The number of hydrogen-bond donors (Lipinski definition) is 1. The van der Waals surface area contributed by atoms with Crippen LogP contribution in [-0.4, -0.2) is 49.9 Å². The van der Waals surface area contributed by atoms with Crippen molar-refractivity contribution in [1.82, 2.24) is 14.5 Å². The van der Waals surface area contributed by atoms with Gasteiger partial charge in [-0.3, -0.25) is 0 Å². The third-order valence-electron chi connectivity index (χ3n) is 3.99. The van der Waals surface area contributed by atoms with Crippen molar-refractivity contribution < 1.29 is 14.6 Å². The lowest BCUT2D eigenvalue weighted by molar-refractivity contribution is -0.0985. The van der Waals surface area contributed by atoms with Gasteiger partial charge in [-0.15, -0.1) is 0 Å². The normalized spacial score (nSPS) is 17.2. The number of aryl methyl sites for hydroxylation is 1. The fraction of sp³-hybridized carbons (Fsp3) is 0.529. The van der Waals surface area contributed by atoms with Crippen LogP contribution >= 0.6 is 0 Å². The summed E-state index contributed by atoms with van der Waals surface area (Å²) in [5.74, 6) is 0.817. The molecule has 0 saturated carbocycles. The fourth-order valence-electron chi connectivity index (χ4n) is 2.88. The second-order valence-electron chi connectivity index (χ2n) is 7.31. The van der Waals surface area contributed by atoms with Crippen LogP contribution < -0.4 is 0 Å². The van der Waals surface area contributed by atoms with Gasteiger partial charge in [0.05, 0.1) is 24.1 Å². The molecule has 124 valence electrons. The van der Waals surface area contributed by atoms with Crippen LogP contribution in [0.2, 0.25) is 0 Å². The number of fused-ring (bicyclic) bond motifs is 1. The van der Waals surface area contributed by atoms with E-state index in [9.17, 15) is 9.90 Å². The molecule has 6 heteroatoms. The topological polar surface area (TPSA) is 67.6 Å². The van der Waals surface area contributed by atoms with Gasteiger partial charge in [0.1, 0.15) is 17.0 Å². The number of likely N-dealkylation sites (tertiary alicyclic amines) is 1. The summed E-state index contributed by atoms with van der Waals surface area (Å²) < 4.78 is 7.30. The Balaban J connectivity index is 1.67. The summed E-state index contributed by atoms with van der Waals surface area (Å²) in [6.07, 6.45) is 0.0319. The highest BCUT2D eigenvalue weighted by Gasteiger charge is 2.46. The average Bonchev–Trinajstić information content (AvgIpc) is 2.71. The van der Waals surface area contributed by atoms with Crippen molar-refractivity contribution in [3.8, 4) is 0 Å². The maximum Gasteiger partial charge on any atom is 0.410 e. The molecule has 23 heavy (non-hydrogen) atoms. The highest BCUT2D eigenvalue weighted by atomic mass is 16.6. The molecule has 1 saturated heterocycles. The summed E-state index contributed by atoms with van der Waals surface area (Å²) in [4.78, 5) is 18.1. The highest BCUT2D eigenvalue weighted by molar-refractivity contribution is 5.75. The van der Waals surface area contributed by atoms with Crippen LogP contribution in [0.5, 0.6) is 0 Å². The second-order valence-corrected chi connectivity index (χ2v) is 7.31. The highest BCUT2D eigenvalue weighted by Crippen LogP contribution is 2.28. The minimum absolute atomic E-state index is 0.269. The Morgan fingerprint density at radius 2 is 2.00 bits per heavy atom. The molecule has 0 spiro atoms. The minimum atomic E-state index is -0.938. The van der Waals surface area contributed by atoms with E-state index >= 15 is 0 Å². The molecule has 1 aromatic heterocycles. The first-order chi connectivity index (χ1) is 10.7. The molecular formula is C17H23N3O3. The molecule has 0 bridgehead atoms. The molecule has 6 nitrogen and oxygen atoms in total. The van der Waals surface area contributed by atoms with Crippen LogP contribution in [0.15, 0.2) is 24.3 Å². The Kier molecular flexibility index (Phi) is 3.59. The molecule has 0 atom stereocenters. The van der Waals surface area contributed by atoms with Crippen LogP contribution in [0.25, 0.3) is 11.0 Å². The summed E-state index contributed by atoms with van der Waals surface area (Å²) in [6.45, 7) is 6.03. The summed E-state index contributed by atoms with van der Waals surface area (Å²) in [6, 6.07) is 7.87. The van der Waals surface area contributed by atoms with Crippen molar-refractivity contribution in [2.45, 2.75) is 38.4 Å². The van der Waals surface area contributed by atoms with E-state index < -0.39 is 11.2 Å². The Morgan fingerprint density at radius 1 is 1.35 bits per heavy atom. The van der Waals surface area contributed by atoms with Gasteiger partial charge in [-0.2, -0.15) is 0 Å². The van der Waals surface area contributed by atoms with Crippen LogP contribution in [0.4, 0.5) is 4.79 Å². The van der Waals surface area contributed by atoms with Crippen LogP contribution in [-0.2, 0) is 18.2 Å². The van der Waals surface area contributed by atoms with Crippen molar-refractivity contribution in [3.63, 3.8) is 0 Å². The molecule has 1 aromatic carbocycles. The van der Waals surface area contributed by atoms with Gasteiger partial charge in [-0.05, 0) is 32.9 Å². The quantitative estimate of drug-likeness (QED) is 0.921. The first kappa shape index (κ1) is 15.8. The maximum absolute atomic E-state index is 12.0. The van der Waals surface area contributed by atoms with Crippen LogP contribution in [0.1, 0.15) is 26.6 Å². The van der Waals surface area contributed by atoms with Crippen molar-refractivity contribution in [1.29, 1.82) is 0 Å². The maximum atomic E-state index is 12.0. The Bertz CT molecular complexity index is 739. The molecule has 1 N–H and O–H groups in total. The first-order valence-electron chi connectivity index (χ1n) is 7.78. The number of β-amino-alcohol motifs (C(OH)–C–C–N with tert-alkyl or cyclic N) is 1. The van der Waals surface area contributed by atoms with E-state index in [1.807, 2.05) is 56.7 Å². The molecule has 0 aliphatic carbocycles. The van der Waals surface area contributed by atoms with Gasteiger partial charge in [0.15, 0.2) is 0 Å². The van der Waals surface area contributed by atoms with Gasteiger partial charge < -0.3 is 19.3 Å². The van der Waals surface area contributed by atoms with E-state index in [0.717, 1.165) is 16.9 Å². The predicted octanol–water partition coefficient (Wildman–Crippen LogP) is 2.10. The lowest BCUT2D eigenvalue weighted by Crippen LogP contribution is -2.65. The molecule has 1 amide bonds. The number of benzene rings is 1. The van der Waals surface area contributed by atoms with Gasteiger partial charge in [0.2, 0.25) is 0 Å². The van der Waals surface area contributed by atoms with Gasteiger partial charge in [0, 0.05) is 13.5 Å². The number of imidazole rings is 1. The molecule has 1 fully saturated rings. The van der Waals surface area contributed by atoms with Crippen LogP contribution in [0.3, 0.4) is 0 Å². The van der Waals surface area contributed by atoms with Crippen molar-refractivity contribution in [2.75, 3.05) is 13.1 Å². The van der Waals surface area contributed by atoms with Gasteiger partial charge in [-0.25, -0.2) is 9.78 Å². The number of aliphatic hydroxyl groups is 1. The summed E-state index contributed by atoms with van der Waals surface area (Å²) in [5, 5.41) is 10.6. The number of rotatable bonds is 2. The standard InChI is InChI=1S/C17H23N3O3/c1-16(2,3)23-15(21)20-10-17(22,11-20)9-14-18-12-7-5-6-8-13(12)19(14)4/h5-8,22H,9-11H2,1-4H3. The zero-order valence-electron chi connectivity index (χ0n) is 14.0. The zero-order valence-corrected chi connectivity index (χ0v) is 14.0. The monoisotopic (exact) mass is 317 g/mol. The van der Waals surface area contributed by atoms with Crippen molar-refractivity contribution >= 4 is 17.1 Å². The number of nitrogens with zero attached hydrogens (tertiary/aromatic N) is 3. The number of hydrogen-bond acceptors (Lipinski definition) is 4. The van der Waals surface area contributed by atoms with Gasteiger partial charge in [-0.1, -0.05) is 12.1 Å². The number of carbonyl (C=O) groups is 1. The van der Waals surface area contributed by atoms with E-state index in [1.54, 1.807) is 0 Å². The fourth-order valence-corrected chi connectivity index (χ4v) is 2.88. The van der Waals surface area contributed by atoms with E-state index in [0.29, 0.717) is 6.42 Å². The van der Waals surface area contributed by atoms with E-state index in [-0.39, 0.29) is 19.2 Å². The van der Waals surface area contributed by atoms with E-state index in [1.165, 1.54) is 4.90 Å². The Hall–Kier alpha value is -2.08. The molecule has 2 heterocycles. The number of amides is 1. The first-order valence-corrected chi connectivity index (χ1v) is 7.78. The number of carbonyl (C=O) groups excluding carboxylic acids is 1. The van der Waals surface area contributed by atoms with E-state index in [2.05, 4.69) is 4.98 Å². The molecule has 0 radical (unpaired) electrons. The Labute approximate surface area is 135 Å². The molecule has 0 unspecified atom stereocenters. The van der Waals surface area contributed by atoms with E-state index in [4.69, 9.17) is 4.74 Å². The third-order valence-corrected chi connectivity index (χ3v) is 3.99. The van der Waals surface area contributed by atoms with Gasteiger partial charge in [0.25, 0.3) is 0 Å². The number of para-hydroxylation sites is 2. The molecule has 1 aliphatic heterocycles. The molecule has 2 aromatic rings. The van der Waals surface area contributed by atoms with Crippen molar-refractivity contribution in [3.05, 3.63) is 30.1 Å². The molecule has 1 aliphatic rings. The number of aromatic nitrogens is 2. The summed E-state index contributed by atoms with van der Waals surface area (Å²) >= 11 is 0.